The minimum absolute atomic E-state index is 0.350. The number of carbonyl (C=O) groups is 1. The molecule has 106 valence electrons. The highest BCUT2D eigenvalue weighted by atomic mass is 16.1. The molecule has 0 aromatic carbocycles. The van der Waals surface area contributed by atoms with Crippen molar-refractivity contribution in [3.05, 3.63) is 0 Å². The predicted molar refractivity (Wildman–Crippen MR) is 75.0 cm³/mol. The molecule has 0 bridgehead atoms. The van der Waals surface area contributed by atoms with E-state index in [-0.39, 0.29) is 5.91 Å². The molecule has 1 aliphatic rings. The van der Waals surface area contributed by atoms with E-state index in [4.69, 9.17) is 11.5 Å². The minimum Gasteiger partial charge on any atom is -0.368 e. The summed E-state index contributed by atoms with van der Waals surface area (Å²) < 4.78 is 0. The molecule has 3 atom stereocenters. The molecule has 1 aliphatic carbocycles. The van der Waals surface area contributed by atoms with Gasteiger partial charge in [-0.1, -0.05) is 13.8 Å². The van der Waals surface area contributed by atoms with E-state index in [9.17, 15) is 4.79 Å². The van der Waals surface area contributed by atoms with Crippen LogP contribution in [0, 0.1) is 5.92 Å². The topological polar surface area (TPSA) is 72.3 Å². The number of rotatable bonds is 5. The average Bonchev–Trinajstić information content (AvgIpc) is 2.27. The van der Waals surface area contributed by atoms with Crippen molar-refractivity contribution in [2.24, 2.45) is 17.4 Å². The van der Waals surface area contributed by atoms with Crippen molar-refractivity contribution < 1.29 is 4.79 Å². The van der Waals surface area contributed by atoms with Crippen LogP contribution in [0.2, 0.25) is 0 Å². The lowest BCUT2D eigenvalue weighted by molar-refractivity contribution is -0.125. The molecule has 0 aromatic rings. The van der Waals surface area contributed by atoms with Crippen LogP contribution < -0.4 is 11.5 Å². The van der Waals surface area contributed by atoms with Gasteiger partial charge in [0.05, 0.1) is 5.54 Å². The third-order valence-corrected chi connectivity index (χ3v) is 4.33. The lowest BCUT2D eigenvalue weighted by Gasteiger charge is -2.42. The summed E-state index contributed by atoms with van der Waals surface area (Å²) in [6.07, 6.45) is 4.70. The number of hydrogen-bond donors (Lipinski definition) is 2. The van der Waals surface area contributed by atoms with Gasteiger partial charge in [0, 0.05) is 12.1 Å². The molecule has 1 rings (SSSR count). The summed E-state index contributed by atoms with van der Waals surface area (Å²) in [6.45, 7) is 6.72. The van der Waals surface area contributed by atoms with E-state index in [0.29, 0.717) is 24.4 Å². The van der Waals surface area contributed by atoms with Crippen LogP contribution >= 0.6 is 0 Å². The number of amides is 1. The Morgan fingerprint density at radius 1 is 1.44 bits per heavy atom. The molecule has 0 aliphatic heterocycles. The summed E-state index contributed by atoms with van der Waals surface area (Å²) in [5.74, 6) is 0.335. The standard InChI is InChI=1S/C14H29N3O/c1-10(2)8-11(3)17(4)12-6-5-7-14(16,9-12)13(15)18/h10-12H,5-9,16H2,1-4H3,(H2,15,18). The Morgan fingerprint density at radius 3 is 2.56 bits per heavy atom. The first-order chi connectivity index (χ1) is 8.26. The van der Waals surface area contributed by atoms with Crippen LogP contribution in [0.1, 0.15) is 52.9 Å². The Morgan fingerprint density at radius 2 is 2.06 bits per heavy atom. The van der Waals surface area contributed by atoms with Crippen molar-refractivity contribution in [1.29, 1.82) is 0 Å². The largest absolute Gasteiger partial charge is 0.368 e. The van der Waals surface area contributed by atoms with E-state index in [0.717, 1.165) is 19.3 Å². The van der Waals surface area contributed by atoms with Crippen molar-refractivity contribution in [2.45, 2.75) is 70.5 Å². The zero-order chi connectivity index (χ0) is 13.9. The van der Waals surface area contributed by atoms with Crippen LogP contribution in [0.3, 0.4) is 0 Å². The zero-order valence-electron chi connectivity index (χ0n) is 12.3. The highest BCUT2D eigenvalue weighted by Crippen LogP contribution is 2.30. The quantitative estimate of drug-likeness (QED) is 0.781. The molecule has 4 N–H and O–H groups in total. The van der Waals surface area contributed by atoms with E-state index in [1.54, 1.807) is 0 Å². The van der Waals surface area contributed by atoms with Gasteiger partial charge < -0.3 is 16.4 Å². The molecule has 1 fully saturated rings. The lowest BCUT2D eigenvalue weighted by atomic mass is 9.78. The summed E-state index contributed by atoms with van der Waals surface area (Å²) in [7, 11) is 2.14. The second-order valence-corrected chi connectivity index (χ2v) is 6.41. The summed E-state index contributed by atoms with van der Waals surface area (Å²) in [5, 5.41) is 0. The Labute approximate surface area is 111 Å². The van der Waals surface area contributed by atoms with Gasteiger partial charge in [0.1, 0.15) is 0 Å². The fourth-order valence-corrected chi connectivity index (χ4v) is 3.06. The summed E-state index contributed by atoms with van der Waals surface area (Å²) in [5.41, 5.74) is 10.8. The van der Waals surface area contributed by atoms with E-state index in [2.05, 4.69) is 32.7 Å². The lowest BCUT2D eigenvalue weighted by Crippen LogP contribution is -2.58. The van der Waals surface area contributed by atoms with Crippen LogP contribution in [-0.2, 0) is 4.79 Å². The Balaban J connectivity index is 2.63. The number of hydrogen-bond acceptors (Lipinski definition) is 3. The molecule has 0 spiro atoms. The summed E-state index contributed by atoms with van der Waals surface area (Å²) >= 11 is 0. The first kappa shape index (κ1) is 15.4. The minimum atomic E-state index is -0.797. The highest BCUT2D eigenvalue weighted by molar-refractivity contribution is 5.84. The maximum Gasteiger partial charge on any atom is 0.237 e. The van der Waals surface area contributed by atoms with Gasteiger partial charge in [0.2, 0.25) is 5.91 Å². The monoisotopic (exact) mass is 255 g/mol. The average molecular weight is 255 g/mol. The molecule has 4 nitrogen and oxygen atoms in total. The Kier molecular flexibility index (Phi) is 5.17. The molecule has 4 heteroatoms. The second kappa shape index (κ2) is 6.02. The van der Waals surface area contributed by atoms with E-state index in [1.807, 2.05) is 0 Å². The van der Waals surface area contributed by atoms with E-state index in [1.165, 1.54) is 6.42 Å². The van der Waals surface area contributed by atoms with Crippen LogP contribution in [-0.4, -0.2) is 35.5 Å². The van der Waals surface area contributed by atoms with Crippen LogP contribution in [0.4, 0.5) is 0 Å². The predicted octanol–water partition coefficient (Wildman–Crippen LogP) is 1.48. The number of primary amides is 1. The van der Waals surface area contributed by atoms with Gasteiger partial charge in [0.15, 0.2) is 0 Å². The maximum absolute atomic E-state index is 11.5. The Bertz CT molecular complexity index is 293. The fourth-order valence-electron chi connectivity index (χ4n) is 3.06. The van der Waals surface area contributed by atoms with Gasteiger partial charge in [0.25, 0.3) is 0 Å². The van der Waals surface area contributed by atoms with Gasteiger partial charge >= 0.3 is 0 Å². The molecular weight excluding hydrogens is 226 g/mol. The summed E-state index contributed by atoms with van der Waals surface area (Å²) in [4.78, 5) is 13.8. The third kappa shape index (κ3) is 3.69. The van der Waals surface area contributed by atoms with Crippen molar-refractivity contribution in [1.82, 2.24) is 4.90 Å². The first-order valence-corrected chi connectivity index (χ1v) is 7.07. The number of nitrogens with two attached hydrogens (primary N) is 2. The normalized spacial score (nSPS) is 30.7. The Hall–Kier alpha value is -0.610. The fraction of sp³-hybridized carbons (Fsp3) is 0.929. The van der Waals surface area contributed by atoms with Crippen LogP contribution in [0.5, 0.6) is 0 Å². The molecule has 1 saturated carbocycles. The van der Waals surface area contributed by atoms with Gasteiger partial charge in [-0.2, -0.15) is 0 Å². The molecule has 1 amide bonds. The number of carbonyl (C=O) groups excluding carboxylic acids is 1. The SMILES string of the molecule is CC(C)CC(C)N(C)C1CCCC(N)(C(N)=O)C1. The van der Waals surface area contributed by atoms with Crippen LogP contribution in [0.25, 0.3) is 0 Å². The first-order valence-electron chi connectivity index (χ1n) is 7.07. The molecule has 0 heterocycles. The molecule has 0 saturated heterocycles. The highest BCUT2D eigenvalue weighted by Gasteiger charge is 2.39. The van der Waals surface area contributed by atoms with Crippen molar-refractivity contribution in [3.63, 3.8) is 0 Å². The second-order valence-electron chi connectivity index (χ2n) is 6.41. The number of nitrogens with zero attached hydrogens (tertiary/aromatic N) is 1. The van der Waals surface area contributed by atoms with Gasteiger partial charge in [-0.05, 0) is 52.0 Å². The molecule has 18 heavy (non-hydrogen) atoms. The van der Waals surface area contributed by atoms with E-state index >= 15 is 0 Å². The van der Waals surface area contributed by atoms with Gasteiger partial charge in [-0.3, -0.25) is 4.79 Å². The van der Waals surface area contributed by atoms with Crippen molar-refractivity contribution >= 4 is 5.91 Å². The third-order valence-electron chi connectivity index (χ3n) is 4.33. The molecule has 0 radical (unpaired) electrons. The van der Waals surface area contributed by atoms with Gasteiger partial charge in [-0.15, -0.1) is 0 Å². The smallest absolute Gasteiger partial charge is 0.237 e. The molecule has 0 aromatic heterocycles. The zero-order valence-corrected chi connectivity index (χ0v) is 12.3. The molecular formula is C14H29N3O. The van der Waals surface area contributed by atoms with Crippen molar-refractivity contribution in [2.75, 3.05) is 7.05 Å². The van der Waals surface area contributed by atoms with Gasteiger partial charge in [-0.25, -0.2) is 0 Å². The maximum atomic E-state index is 11.5. The summed E-state index contributed by atoms with van der Waals surface area (Å²) in [6, 6.07) is 0.898. The van der Waals surface area contributed by atoms with E-state index < -0.39 is 5.54 Å². The van der Waals surface area contributed by atoms with Crippen LogP contribution in [0.15, 0.2) is 0 Å². The molecule has 3 unspecified atom stereocenters. The van der Waals surface area contributed by atoms with Crippen molar-refractivity contribution in [3.8, 4) is 0 Å².